The third-order valence-corrected chi connectivity index (χ3v) is 3.55. The van der Waals surface area contributed by atoms with E-state index in [-0.39, 0.29) is 11.6 Å². The first-order valence-electron chi connectivity index (χ1n) is 7.44. The number of aliphatic carboxylic acids is 1. The summed E-state index contributed by atoms with van der Waals surface area (Å²) in [5.41, 5.74) is 0.803. The Labute approximate surface area is 137 Å². The minimum atomic E-state index is -1.08. The first kappa shape index (κ1) is 15.8. The van der Waals surface area contributed by atoms with Gasteiger partial charge in [0, 0.05) is 0 Å². The number of carbonyl (C=O) groups is 1. The van der Waals surface area contributed by atoms with Gasteiger partial charge in [0.1, 0.15) is 11.7 Å². The highest BCUT2D eigenvalue weighted by Gasteiger charge is 2.27. The lowest BCUT2D eigenvalue weighted by molar-refractivity contribution is -0.132. The predicted molar refractivity (Wildman–Crippen MR) is 84.1 cm³/mol. The molecule has 0 radical (unpaired) electrons. The lowest BCUT2D eigenvalue weighted by atomic mass is 10.0. The number of anilines is 1. The maximum Gasteiger partial charge on any atom is 0.352 e. The SMILES string of the molecule is CCCOc1ccc([C@H]2C=C(C(=O)O)Nc3nnnn32)cc1OC. The highest BCUT2D eigenvalue weighted by molar-refractivity contribution is 5.90. The third kappa shape index (κ3) is 2.87. The number of rotatable bonds is 6. The molecule has 0 amide bonds. The second-order valence-electron chi connectivity index (χ2n) is 5.16. The quantitative estimate of drug-likeness (QED) is 0.818. The Hall–Kier alpha value is -3.10. The van der Waals surface area contributed by atoms with Gasteiger partial charge in [-0.15, -0.1) is 0 Å². The fourth-order valence-electron chi connectivity index (χ4n) is 2.42. The molecule has 126 valence electrons. The maximum absolute atomic E-state index is 11.3. The molecule has 1 aromatic carbocycles. The fraction of sp³-hybridized carbons (Fsp3) is 0.333. The summed E-state index contributed by atoms with van der Waals surface area (Å²) in [6.45, 7) is 2.61. The van der Waals surface area contributed by atoms with Crippen LogP contribution in [-0.4, -0.2) is 45.0 Å². The Bertz CT molecular complexity index is 786. The minimum Gasteiger partial charge on any atom is -0.493 e. The number of ether oxygens (including phenoxy) is 2. The maximum atomic E-state index is 11.3. The third-order valence-electron chi connectivity index (χ3n) is 3.55. The number of aromatic nitrogens is 4. The number of methoxy groups -OCH3 is 1. The monoisotopic (exact) mass is 331 g/mol. The Morgan fingerprint density at radius 2 is 2.25 bits per heavy atom. The normalized spacial score (nSPS) is 15.9. The van der Waals surface area contributed by atoms with Crippen LogP contribution in [0.2, 0.25) is 0 Å². The van der Waals surface area contributed by atoms with Crippen molar-refractivity contribution in [1.82, 2.24) is 20.2 Å². The van der Waals surface area contributed by atoms with E-state index >= 15 is 0 Å². The van der Waals surface area contributed by atoms with Crippen molar-refractivity contribution in [3.05, 3.63) is 35.5 Å². The standard InChI is InChI=1S/C15H17N5O4/c1-3-6-24-12-5-4-9(7-13(12)23-2)11-8-10(14(21)22)16-15-17-18-19-20(11)15/h4-5,7-8,11H,3,6H2,1-2H3,(H,21,22)(H,16,17,19)/t11-/m1/s1. The van der Waals surface area contributed by atoms with Gasteiger partial charge in [-0.2, -0.15) is 4.68 Å². The number of allylic oxidation sites excluding steroid dienone is 1. The molecule has 24 heavy (non-hydrogen) atoms. The van der Waals surface area contributed by atoms with E-state index in [9.17, 15) is 9.90 Å². The average molecular weight is 331 g/mol. The molecule has 0 fully saturated rings. The number of benzene rings is 1. The molecule has 0 unspecified atom stereocenters. The lowest BCUT2D eigenvalue weighted by Gasteiger charge is -2.22. The van der Waals surface area contributed by atoms with Gasteiger partial charge in [0.25, 0.3) is 0 Å². The molecule has 3 rings (SSSR count). The summed E-state index contributed by atoms with van der Waals surface area (Å²) in [5.74, 6) is 0.394. The largest absolute Gasteiger partial charge is 0.493 e. The van der Waals surface area contributed by atoms with Gasteiger partial charge < -0.3 is 19.9 Å². The number of carboxylic acid groups (broad SMARTS) is 1. The molecule has 0 bridgehead atoms. The highest BCUT2D eigenvalue weighted by Crippen LogP contribution is 2.34. The Morgan fingerprint density at radius 1 is 1.42 bits per heavy atom. The van der Waals surface area contributed by atoms with E-state index in [0.29, 0.717) is 18.1 Å². The van der Waals surface area contributed by atoms with Crippen LogP contribution in [0.5, 0.6) is 11.5 Å². The number of hydrogen-bond acceptors (Lipinski definition) is 7. The van der Waals surface area contributed by atoms with Crippen LogP contribution in [0.25, 0.3) is 0 Å². The summed E-state index contributed by atoms with van der Waals surface area (Å²) >= 11 is 0. The van der Waals surface area contributed by atoms with Crippen LogP contribution >= 0.6 is 0 Å². The summed E-state index contributed by atoms with van der Waals surface area (Å²) in [4.78, 5) is 11.3. The van der Waals surface area contributed by atoms with Gasteiger partial charge in [-0.1, -0.05) is 18.1 Å². The smallest absolute Gasteiger partial charge is 0.352 e. The second kappa shape index (κ2) is 6.57. The second-order valence-corrected chi connectivity index (χ2v) is 5.16. The number of nitrogens with one attached hydrogen (secondary N) is 1. The summed E-state index contributed by atoms with van der Waals surface area (Å²) in [6.07, 6.45) is 2.44. The number of nitrogens with zero attached hydrogens (tertiary/aromatic N) is 4. The number of hydrogen-bond donors (Lipinski definition) is 2. The lowest BCUT2D eigenvalue weighted by Crippen LogP contribution is -2.24. The fourth-order valence-corrected chi connectivity index (χ4v) is 2.42. The van der Waals surface area contributed by atoms with Crippen molar-refractivity contribution in [2.45, 2.75) is 19.4 Å². The van der Waals surface area contributed by atoms with Gasteiger partial charge >= 0.3 is 5.97 Å². The molecule has 2 heterocycles. The van der Waals surface area contributed by atoms with Crippen LogP contribution in [0.1, 0.15) is 24.9 Å². The van der Waals surface area contributed by atoms with Crippen molar-refractivity contribution in [1.29, 1.82) is 0 Å². The number of tetrazole rings is 1. The molecular weight excluding hydrogens is 314 g/mol. The summed E-state index contributed by atoms with van der Waals surface area (Å²) in [6, 6.07) is 4.97. The van der Waals surface area contributed by atoms with E-state index < -0.39 is 12.0 Å². The summed E-state index contributed by atoms with van der Waals surface area (Å²) in [5, 5.41) is 23.2. The zero-order valence-electron chi connectivity index (χ0n) is 13.3. The molecular formula is C15H17N5O4. The Morgan fingerprint density at radius 3 is 2.96 bits per heavy atom. The molecule has 9 heteroatoms. The predicted octanol–water partition coefficient (Wildman–Crippen LogP) is 1.45. The molecule has 0 saturated carbocycles. The van der Waals surface area contributed by atoms with Crippen LogP contribution < -0.4 is 14.8 Å². The van der Waals surface area contributed by atoms with Crippen molar-refractivity contribution in [2.24, 2.45) is 0 Å². The van der Waals surface area contributed by atoms with E-state index in [2.05, 4.69) is 20.8 Å². The van der Waals surface area contributed by atoms with Crippen LogP contribution in [0.3, 0.4) is 0 Å². The van der Waals surface area contributed by atoms with Crippen LogP contribution in [0.4, 0.5) is 5.95 Å². The average Bonchev–Trinajstić information content (AvgIpc) is 3.07. The van der Waals surface area contributed by atoms with E-state index in [1.54, 1.807) is 25.3 Å². The van der Waals surface area contributed by atoms with E-state index in [1.807, 2.05) is 13.0 Å². The topological polar surface area (TPSA) is 111 Å². The van der Waals surface area contributed by atoms with Crippen molar-refractivity contribution in [3.8, 4) is 11.5 Å². The van der Waals surface area contributed by atoms with Crippen LogP contribution in [0, 0.1) is 0 Å². The van der Waals surface area contributed by atoms with E-state index in [4.69, 9.17) is 9.47 Å². The molecule has 1 aliphatic rings. The molecule has 1 aromatic heterocycles. The molecule has 9 nitrogen and oxygen atoms in total. The van der Waals surface area contributed by atoms with Gasteiger partial charge in [0.15, 0.2) is 11.5 Å². The zero-order valence-corrected chi connectivity index (χ0v) is 13.3. The Kier molecular flexibility index (Phi) is 4.32. The highest BCUT2D eigenvalue weighted by atomic mass is 16.5. The molecule has 0 saturated heterocycles. The minimum absolute atomic E-state index is 0.0209. The van der Waals surface area contributed by atoms with Crippen molar-refractivity contribution >= 4 is 11.9 Å². The first-order chi connectivity index (χ1) is 11.6. The van der Waals surface area contributed by atoms with E-state index in [1.165, 1.54) is 4.68 Å². The molecule has 1 atom stereocenters. The van der Waals surface area contributed by atoms with E-state index in [0.717, 1.165) is 12.0 Å². The first-order valence-corrected chi connectivity index (χ1v) is 7.44. The van der Waals surface area contributed by atoms with Gasteiger partial charge in [-0.25, -0.2) is 4.79 Å². The van der Waals surface area contributed by atoms with Gasteiger partial charge in [-0.05, 0) is 40.6 Å². The zero-order chi connectivity index (χ0) is 17.1. The molecule has 1 aliphatic heterocycles. The van der Waals surface area contributed by atoms with Crippen molar-refractivity contribution < 1.29 is 19.4 Å². The van der Waals surface area contributed by atoms with Gasteiger partial charge in [0.2, 0.25) is 5.95 Å². The van der Waals surface area contributed by atoms with Crippen molar-refractivity contribution in [2.75, 3.05) is 19.0 Å². The molecule has 0 spiro atoms. The Balaban J connectivity index is 2.00. The van der Waals surface area contributed by atoms with Crippen LogP contribution in [-0.2, 0) is 4.79 Å². The van der Waals surface area contributed by atoms with Crippen LogP contribution in [0.15, 0.2) is 30.0 Å². The molecule has 2 aromatic rings. The summed E-state index contributed by atoms with van der Waals surface area (Å²) < 4.78 is 12.5. The number of carboxylic acids is 1. The molecule has 0 aliphatic carbocycles. The molecule has 2 N–H and O–H groups in total. The van der Waals surface area contributed by atoms with Gasteiger partial charge in [-0.3, -0.25) is 0 Å². The van der Waals surface area contributed by atoms with Gasteiger partial charge in [0.05, 0.1) is 13.7 Å². The number of fused-ring (bicyclic) bond motifs is 1. The summed E-state index contributed by atoms with van der Waals surface area (Å²) in [7, 11) is 1.56. The van der Waals surface area contributed by atoms with Crippen molar-refractivity contribution in [3.63, 3.8) is 0 Å².